The van der Waals surface area contributed by atoms with Crippen LogP contribution in [0.5, 0.6) is 0 Å². The van der Waals surface area contributed by atoms with E-state index >= 15 is 0 Å². The van der Waals surface area contributed by atoms with Gasteiger partial charge < -0.3 is 5.73 Å². The van der Waals surface area contributed by atoms with E-state index in [-0.39, 0.29) is 23.7 Å². The number of nitrogens with two attached hydrogens (primary N) is 1. The van der Waals surface area contributed by atoms with Gasteiger partial charge in [0.2, 0.25) is 11.8 Å². The highest BCUT2D eigenvalue weighted by Gasteiger charge is 2.49. The van der Waals surface area contributed by atoms with Crippen molar-refractivity contribution in [3.63, 3.8) is 0 Å². The largest absolute Gasteiger partial charge is 0.320 e. The Bertz CT molecular complexity index is 589. The van der Waals surface area contributed by atoms with Crippen LogP contribution in [0.2, 0.25) is 0 Å². The van der Waals surface area contributed by atoms with E-state index in [2.05, 4.69) is 11.8 Å². The fourth-order valence-corrected chi connectivity index (χ4v) is 3.90. The Morgan fingerprint density at radius 3 is 2.65 bits per heavy atom. The number of rotatable bonds is 2. The molecule has 1 saturated carbocycles. The smallest absolute Gasteiger partial charge is 0.233 e. The van der Waals surface area contributed by atoms with Gasteiger partial charge in [0.15, 0.2) is 0 Å². The third-order valence-electron chi connectivity index (χ3n) is 4.05. The van der Waals surface area contributed by atoms with Gasteiger partial charge in [-0.25, -0.2) is 0 Å². The molecule has 2 atom stereocenters. The number of thiophene rings is 1. The summed E-state index contributed by atoms with van der Waals surface area (Å²) in [6.45, 7) is 0.665. The molecule has 2 N–H and O–H groups in total. The van der Waals surface area contributed by atoms with Gasteiger partial charge in [0, 0.05) is 10.4 Å². The monoisotopic (exact) mass is 288 g/mol. The van der Waals surface area contributed by atoms with Crippen LogP contribution in [0.4, 0.5) is 0 Å². The summed E-state index contributed by atoms with van der Waals surface area (Å²) in [6.07, 6.45) is 2.71. The minimum atomic E-state index is -0.0685. The van der Waals surface area contributed by atoms with Crippen molar-refractivity contribution in [2.45, 2.75) is 25.8 Å². The first-order valence-corrected chi connectivity index (χ1v) is 7.71. The molecule has 1 saturated heterocycles. The van der Waals surface area contributed by atoms with Crippen molar-refractivity contribution in [2.24, 2.45) is 17.6 Å². The SMILES string of the molecule is NCC#Cc1ccsc1CN1C(=O)C2CCCC2C1=O. The van der Waals surface area contributed by atoms with Crippen molar-refractivity contribution < 1.29 is 9.59 Å². The zero-order valence-corrected chi connectivity index (χ0v) is 11.9. The van der Waals surface area contributed by atoms with Crippen LogP contribution in [0.1, 0.15) is 29.7 Å². The van der Waals surface area contributed by atoms with Crippen molar-refractivity contribution in [3.8, 4) is 11.8 Å². The predicted octanol–water partition coefficient (Wildman–Crippen LogP) is 1.34. The molecule has 2 fully saturated rings. The standard InChI is InChI=1S/C15H16N2O2S/c16-7-2-3-10-6-8-20-13(10)9-17-14(18)11-4-1-5-12(11)15(17)19/h6,8,11-12H,1,4-5,7,9,16H2. The molecule has 2 aliphatic rings. The third kappa shape index (κ3) is 2.15. The summed E-state index contributed by atoms with van der Waals surface area (Å²) in [7, 11) is 0. The summed E-state index contributed by atoms with van der Waals surface area (Å²) in [5, 5.41) is 1.93. The molecule has 0 spiro atoms. The molecule has 1 aliphatic heterocycles. The van der Waals surface area contributed by atoms with Gasteiger partial charge in [0.1, 0.15) is 0 Å². The molecule has 2 heterocycles. The fraction of sp³-hybridized carbons (Fsp3) is 0.467. The molecular weight excluding hydrogens is 272 g/mol. The molecule has 1 aromatic heterocycles. The first-order valence-electron chi connectivity index (χ1n) is 6.83. The summed E-state index contributed by atoms with van der Waals surface area (Å²) in [6, 6.07) is 1.91. The molecule has 2 amide bonds. The molecule has 1 aromatic rings. The van der Waals surface area contributed by atoms with E-state index in [1.165, 1.54) is 16.2 Å². The second-order valence-electron chi connectivity index (χ2n) is 5.17. The second kappa shape index (κ2) is 5.39. The van der Waals surface area contributed by atoms with Gasteiger partial charge in [-0.3, -0.25) is 14.5 Å². The van der Waals surface area contributed by atoms with Crippen molar-refractivity contribution in [2.75, 3.05) is 6.54 Å². The van der Waals surface area contributed by atoms with Crippen LogP contribution in [0.25, 0.3) is 0 Å². The lowest BCUT2D eigenvalue weighted by Crippen LogP contribution is -2.31. The maximum Gasteiger partial charge on any atom is 0.233 e. The molecule has 5 heteroatoms. The van der Waals surface area contributed by atoms with Gasteiger partial charge in [-0.05, 0) is 24.3 Å². The van der Waals surface area contributed by atoms with Gasteiger partial charge in [-0.1, -0.05) is 18.3 Å². The Morgan fingerprint density at radius 1 is 1.30 bits per heavy atom. The van der Waals surface area contributed by atoms with Gasteiger partial charge in [0.25, 0.3) is 0 Å². The first kappa shape index (κ1) is 13.3. The maximum atomic E-state index is 12.3. The van der Waals surface area contributed by atoms with Crippen LogP contribution >= 0.6 is 11.3 Å². The van der Waals surface area contributed by atoms with Crippen molar-refractivity contribution in [3.05, 3.63) is 21.9 Å². The van der Waals surface area contributed by atoms with Gasteiger partial charge in [-0.2, -0.15) is 0 Å². The highest BCUT2D eigenvalue weighted by molar-refractivity contribution is 7.10. The van der Waals surface area contributed by atoms with Crippen molar-refractivity contribution in [1.29, 1.82) is 0 Å². The number of carbonyl (C=O) groups is 2. The Labute approximate surface area is 121 Å². The van der Waals surface area contributed by atoms with E-state index in [0.717, 1.165) is 29.7 Å². The molecule has 0 radical (unpaired) electrons. The molecule has 1 aliphatic carbocycles. The summed E-state index contributed by atoms with van der Waals surface area (Å²) in [4.78, 5) is 27.0. The quantitative estimate of drug-likeness (QED) is 0.660. The topological polar surface area (TPSA) is 63.4 Å². The average Bonchev–Trinajstić information content (AvgIpc) is 3.13. The van der Waals surface area contributed by atoms with E-state index in [0.29, 0.717) is 13.1 Å². The summed E-state index contributed by atoms with van der Waals surface area (Å²) < 4.78 is 0. The van der Waals surface area contributed by atoms with Crippen LogP contribution in [-0.4, -0.2) is 23.3 Å². The lowest BCUT2D eigenvalue weighted by atomic mass is 10.00. The lowest BCUT2D eigenvalue weighted by Gasteiger charge is -2.15. The second-order valence-corrected chi connectivity index (χ2v) is 6.17. The number of hydrogen-bond donors (Lipinski definition) is 1. The zero-order valence-electron chi connectivity index (χ0n) is 11.1. The Hall–Kier alpha value is -1.64. The van der Waals surface area contributed by atoms with E-state index in [9.17, 15) is 9.59 Å². The van der Waals surface area contributed by atoms with Crippen LogP contribution in [0, 0.1) is 23.7 Å². The fourth-order valence-electron chi connectivity index (χ4n) is 3.08. The molecule has 0 bridgehead atoms. The maximum absolute atomic E-state index is 12.3. The highest BCUT2D eigenvalue weighted by Crippen LogP contribution is 2.40. The molecule has 3 rings (SSSR count). The van der Waals surface area contributed by atoms with Gasteiger partial charge in [-0.15, -0.1) is 11.3 Å². The van der Waals surface area contributed by atoms with E-state index < -0.39 is 0 Å². The number of nitrogens with zero attached hydrogens (tertiary/aromatic N) is 1. The summed E-state index contributed by atoms with van der Waals surface area (Å²) in [5.41, 5.74) is 6.25. The highest BCUT2D eigenvalue weighted by atomic mass is 32.1. The molecule has 104 valence electrons. The van der Waals surface area contributed by atoms with Crippen LogP contribution in [0.3, 0.4) is 0 Å². The third-order valence-corrected chi connectivity index (χ3v) is 4.96. The Morgan fingerprint density at radius 2 is 2.00 bits per heavy atom. The molecule has 20 heavy (non-hydrogen) atoms. The number of fused-ring (bicyclic) bond motifs is 1. The number of hydrogen-bond acceptors (Lipinski definition) is 4. The number of likely N-dealkylation sites (tertiary alicyclic amines) is 1. The van der Waals surface area contributed by atoms with Crippen LogP contribution in [-0.2, 0) is 16.1 Å². The van der Waals surface area contributed by atoms with E-state index in [1.54, 1.807) is 0 Å². The first-order chi connectivity index (χ1) is 9.72. The molecule has 2 unspecified atom stereocenters. The average molecular weight is 288 g/mol. The lowest BCUT2D eigenvalue weighted by molar-refractivity contribution is -0.140. The Kier molecular flexibility index (Phi) is 3.60. The molecular formula is C15H16N2O2S. The van der Waals surface area contributed by atoms with Crippen LogP contribution in [0.15, 0.2) is 11.4 Å². The summed E-state index contributed by atoms with van der Waals surface area (Å²) >= 11 is 1.53. The van der Waals surface area contributed by atoms with Gasteiger partial charge >= 0.3 is 0 Å². The van der Waals surface area contributed by atoms with Gasteiger partial charge in [0.05, 0.1) is 24.9 Å². The van der Waals surface area contributed by atoms with E-state index in [1.807, 2.05) is 11.4 Å². The minimum absolute atomic E-state index is 0.00336. The number of imide groups is 1. The zero-order chi connectivity index (χ0) is 14.1. The van der Waals surface area contributed by atoms with E-state index in [4.69, 9.17) is 5.73 Å². The summed E-state index contributed by atoms with van der Waals surface area (Å²) in [5.74, 6) is 5.68. The number of carbonyl (C=O) groups excluding carboxylic acids is 2. The van der Waals surface area contributed by atoms with Crippen LogP contribution < -0.4 is 5.73 Å². The normalized spacial score (nSPS) is 24.8. The van der Waals surface area contributed by atoms with Crippen molar-refractivity contribution >= 4 is 23.2 Å². The molecule has 0 aromatic carbocycles. The van der Waals surface area contributed by atoms with Crippen molar-refractivity contribution in [1.82, 2.24) is 4.90 Å². The minimum Gasteiger partial charge on any atom is -0.320 e. The Balaban J connectivity index is 1.80. The predicted molar refractivity (Wildman–Crippen MR) is 76.6 cm³/mol. The molecule has 4 nitrogen and oxygen atoms in total. The number of amides is 2.